The van der Waals surface area contributed by atoms with Crippen LogP contribution in [0.15, 0.2) is 42.5 Å². The smallest absolute Gasteiger partial charge is 0.244 e. The minimum absolute atomic E-state index is 0.0485. The maximum absolute atomic E-state index is 13.6. The van der Waals surface area contributed by atoms with Crippen molar-refractivity contribution in [2.75, 3.05) is 36.9 Å². The largest absolute Gasteiger partial charge is 0.486 e. The number of fused-ring (bicyclic) bond motifs is 1. The number of nitrogens with one attached hydrogen (secondary N) is 1. The van der Waals surface area contributed by atoms with Gasteiger partial charge in [-0.1, -0.05) is 36.7 Å². The monoisotopic (exact) mass is 523 g/mol. The molecule has 1 heterocycles. The predicted octanol–water partition coefficient (Wildman–Crippen LogP) is 2.82. The van der Waals surface area contributed by atoms with Crippen molar-refractivity contribution in [1.29, 1.82) is 0 Å². The molecule has 0 unspecified atom stereocenters. The average molecular weight is 524 g/mol. The molecule has 0 bridgehead atoms. The van der Waals surface area contributed by atoms with Crippen LogP contribution in [0.2, 0.25) is 5.02 Å². The summed E-state index contributed by atoms with van der Waals surface area (Å²) in [6.07, 6.45) is 1.36. The summed E-state index contributed by atoms with van der Waals surface area (Å²) < 4.78 is 37.5. The van der Waals surface area contributed by atoms with E-state index in [2.05, 4.69) is 5.32 Å². The molecule has 0 saturated heterocycles. The third kappa shape index (κ3) is 6.58. The Morgan fingerprint density at radius 2 is 1.77 bits per heavy atom. The van der Waals surface area contributed by atoms with Gasteiger partial charge in [-0.3, -0.25) is 13.9 Å². The van der Waals surface area contributed by atoms with E-state index in [1.165, 1.54) is 11.0 Å². The molecule has 1 atom stereocenters. The van der Waals surface area contributed by atoms with Crippen molar-refractivity contribution in [3.05, 3.63) is 53.1 Å². The van der Waals surface area contributed by atoms with Crippen LogP contribution in [0.25, 0.3) is 0 Å². The van der Waals surface area contributed by atoms with E-state index in [0.717, 1.165) is 10.6 Å². The van der Waals surface area contributed by atoms with E-state index < -0.39 is 28.5 Å². The zero-order valence-corrected chi connectivity index (χ0v) is 21.6. The van der Waals surface area contributed by atoms with Crippen LogP contribution in [0.1, 0.15) is 25.8 Å². The fraction of sp³-hybridized carbons (Fsp3) is 0.417. The second-order valence-electron chi connectivity index (χ2n) is 8.03. The van der Waals surface area contributed by atoms with E-state index in [4.69, 9.17) is 21.1 Å². The molecule has 2 aromatic carbocycles. The first-order valence-corrected chi connectivity index (χ1v) is 13.6. The summed E-state index contributed by atoms with van der Waals surface area (Å²) in [5.74, 6) is 0.0444. The number of ether oxygens (including phenoxy) is 2. The number of carbonyl (C=O) groups excluding carboxylic acids is 2. The lowest BCUT2D eigenvalue weighted by Gasteiger charge is -2.33. The summed E-state index contributed by atoms with van der Waals surface area (Å²) >= 11 is 6.33. The van der Waals surface area contributed by atoms with E-state index in [9.17, 15) is 18.0 Å². The molecule has 1 aliphatic heterocycles. The standard InChI is InChI=1S/C24H30ClN3O6S/c1-4-20(24(30)26-5-2)27(15-17-8-6-7-9-19(17)25)23(29)16-28(35(3,31)32)18-10-11-21-22(14-18)34-13-12-33-21/h6-11,14,20H,4-5,12-13,15-16H2,1-3H3,(H,26,30)/t20-/m0/s1. The number of anilines is 1. The van der Waals surface area contributed by atoms with E-state index in [-0.39, 0.29) is 18.1 Å². The summed E-state index contributed by atoms with van der Waals surface area (Å²) in [5.41, 5.74) is 0.907. The molecule has 1 aliphatic rings. The molecule has 0 spiro atoms. The predicted molar refractivity (Wildman–Crippen MR) is 134 cm³/mol. The SMILES string of the molecule is CCNC(=O)[C@H](CC)N(Cc1ccccc1Cl)C(=O)CN(c1ccc2c(c1)OCCO2)S(C)(=O)=O. The van der Waals surface area contributed by atoms with Gasteiger partial charge < -0.3 is 19.7 Å². The lowest BCUT2D eigenvalue weighted by atomic mass is 10.1. The Morgan fingerprint density at radius 1 is 1.09 bits per heavy atom. The van der Waals surface area contributed by atoms with Crippen molar-refractivity contribution in [1.82, 2.24) is 10.2 Å². The number of halogens is 1. The Morgan fingerprint density at radius 3 is 2.40 bits per heavy atom. The second-order valence-corrected chi connectivity index (χ2v) is 10.3. The van der Waals surface area contributed by atoms with Crippen LogP contribution in [-0.4, -0.2) is 63.7 Å². The number of benzene rings is 2. The van der Waals surface area contributed by atoms with Crippen molar-refractivity contribution in [3.8, 4) is 11.5 Å². The molecular formula is C24H30ClN3O6S. The molecular weight excluding hydrogens is 494 g/mol. The highest BCUT2D eigenvalue weighted by molar-refractivity contribution is 7.92. The van der Waals surface area contributed by atoms with Gasteiger partial charge in [0.25, 0.3) is 0 Å². The Balaban J connectivity index is 1.96. The lowest BCUT2D eigenvalue weighted by Crippen LogP contribution is -2.52. The molecule has 0 fully saturated rings. The van der Waals surface area contributed by atoms with Gasteiger partial charge in [0.15, 0.2) is 11.5 Å². The summed E-state index contributed by atoms with van der Waals surface area (Å²) in [5, 5.41) is 3.20. The molecule has 9 nitrogen and oxygen atoms in total. The minimum Gasteiger partial charge on any atom is -0.486 e. The van der Waals surface area contributed by atoms with Crippen molar-refractivity contribution < 1.29 is 27.5 Å². The summed E-state index contributed by atoms with van der Waals surface area (Å²) in [7, 11) is -3.85. The Bertz CT molecular complexity index is 1170. The van der Waals surface area contributed by atoms with Gasteiger partial charge in [0.1, 0.15) is 25.8 Å². The fourth-order valence-electron chi connectivity index (χ4n) is 3.82. The molecule has 2 aromatic rings. The molecule has 190 valence electrons. The Hall–Kier alpha value is -2.98. The minimum atomic E-state index is -3.85. The second kappa shape index (κ2) is 11.6. The zero-order chi connectivity index (χ0) is 25.6. The van der Waals surface area contributed by atoms with Crippen molar-refractivity contribution in [3.63, 3.8) is 0 Å². The van der Waals surface area contributed by atoms with Crippen LogP contribution in [0, 0.1) is 0 Å². The van der Waals surface area contributed by atoms with E-state index in [0.29, 0.717) is 48.3 Å². The molecule has 0 saturated carbocycles. The van der Waals surface area contributed by atoms with Crippen molar-refractivity contribution in [2.45, 2.75) is 32.9 Å². The van der Waals surface area contributed by atoms with Crippen molar-refractivity contribution in [2.24, 2.45) is 0 Å². The van der Waals surface area contributed by atoms with Crippen LogP contribution < -0.4 is 19.1 Å². The number of amides is 2. The molecule has 3 rings (SSSR count). The van der Waals surface area contributed by atoms with Gasteiger partial charge in [-0.05, 0) is 37.1 Å². The number of hydrogen-bond donors (Lipinski definition) is 1. The molecule has 0 radical (unpaired) electrons. The van der Waals surface area contributed by atoms with Gasteiger partial charge in [-0.15, -0.1) is 0 Å². The summed E-state index contributed by atoms with van der Waals surface area (Å²) in [6, 6.07) is 10.9. The van der Waals surface area contributed by atoms with Gasteiger partial charge in [-0.25, -0.2) is 8.42 Å². The molecule has 0 aromatic heterocycles. The fourth-order valence-corrected chi connectivity index (χ4v) is 4.86. The Kier molecular flexibility index (Phi) is 8.85. The molecule has 11 heteroatoms. The van der Waals surface area contributed by atoms with Gasteiger partial charge in [0.05, 0.1) is 11.9 Å². The first kappa shape index (κ1) is 26.6. The van der Waals surface area contributed by atoms with Crippen LogP contribution >= 0.6 is 11.6 Å². The van der Waals surface area contributed by atoms with Crippen LogP contribution in [0.5, 0.6) is 11.5 Å². The number of hydrogen-bond acceptors (Lipinski definition) is 6. The normalized spacial score (nSPS) is 13.6. The third-order valence-corrected chi connectivity index (χ3v) is 7.04. The van der Waals surface area contributed by atoms with E-state index in [1.807, 2.05) is 0 Å². The first-order valence-electron chi connectivity index (χ1n) is 11.3. The summed E-state index contributed by atoms with van der Waals surface area (Å²) in [4.78, 5) is 27.8. The number of rotatable bonds is 10. The lowest BCUT2D eigenvalue weighted by molar-refractivity contribution is -0.140. The summed E-state index contributed by atoms with van der Waals surface area (Å²) in [6.45, 7) is 4.27. The van der Waals surface area contributed by atoms with Gasteiger partial charge >= 0.3 is 0 Å². The molecule has 0 aliphatic carbocycles. The van der Waals surface area contributed by atoms with Crippen LogP contribution in [0.3, 0.4) is 0 Å². The van der Waals surface area contributed by atoms with Gasteiger partial charge in [0.2, 0.25) is 21.8 Å². The van der Waals surface area contributed by atoms with Gasteiger partial charge in [-0.2, -0.15) is 0 Å². The van der Waals surface area contributed by atoms with Crippen LogP contribution in [-0.2, 0) is 26.2 Å². The van der Waals surface area contributed by atoms with Crippen LogP contribution in [0.4, 0.5) is 5.69 Å². The molecule has 35 heavy (non-hydrogen) atoms. The topological polar surface area (TPSA) is 105 Å². The maximum atomic E-state index is 13.6. The van der Waals surface area contributed by atoms with Crippen molar-refractivity contribution >= 4 is 39.1 Å². The first-order chi connectivity index (χ1) is 16.7. The maximum Gasteiger partial charge on any atom is 0.244 e. The number of carbonyl (C=O) groups is 2. The molecule has 2 amide bonds. The highest BCUT2D eigenvalue weighted by Crippen LogP contribution is 2.34. The zero-order valence-electron chi connectivity index (χ0n) is 20.0. The highest BCUT2D eigenvalue weighted by Gasteiger charge is 2.32. The number of nitrogens with zero attached hydrogens (tertiary/aromatic N) is 2. The Labute approximate surface area is 211 Å². The van der Waals surface area contributed by atoms with E-state index in [1.54, 1.807) is 50.2 Å². The van der Waals surface area contributed by atoms with E-state index >= 15 is 0 Å². The average Bonchev–Trinajstić information content (AvgIpc) is 2.82. The number of likely N-dealkylation sites (N-methyl/N-ethyl adjacent to an activating group) is 1. The quantitative estimate of drug-likeness (QED) is 0.513. The number of sulfonamides is 1. The highest BCUT2D eigenvalue weighted by atomic mass is 35.5. The molecule has 1 N–H and O–H groups in total. The third-order valence-electron chi connectivity index (χ3n) is 5.53. The van der Waals surface area contributed by atoms with Gasteiger partial charge in [0, 0.05) is 24.2 Å².